The highest BCUT2D eigenvalue weighted by Crippen LogP contribution is 2.22. The summed E-state index contributed by atoms with van der Waals surface area (Å²) in [5, 5.41) is 6.87. The number of hydrogen-bond acceptors (Lipinski definition) is 5. The van der Waals surface area contributed by atoms with Crippen molar-refractivity contribution < 1.29 is 13.7 Å². The van der Waals surface area contributed by atoms with Crippen LogP contribution in [0.5, 0.6) is 0 Å². The Hall–Kier alpha value is -3.19. The normalized spacial score (nSPS) is 10.7. The van der Waals surface area contributed by atoms with Gasteiger partial charge < -0.3 is 14.3 Å². The van der Waals surface area contributed by atoms with Crippen molar-refractivity contribution in [1.29, 1.82) is 0 Å². The Bertz CT molecular complexity index is 1060. The van der Waals surface area contributed by atoms with Gasteiger partial charge in [-0.3, -0.25) is 4.79 Å². The second-order valence-corrected chi connectivity index (χ2v) is 6.70. The van der Waals surface area contributed by atoms with Gasteiger partial charge in [0.1, 0.15) is 0 Å². The monoisotopic (exact) mass is 423 g/mol. The van der Waals surface area contributed by atoms with Crippen LogP contribution >= 0.6 is 15.9 Å². The first kappa shape index (κ1) is 17.2. The summed E-state index contributed by atoms with van der Waals surface area (Å²) in [6.45, 7) is 0. The third-order valence-electron chi connectivity index (χ3n) is 3.92. The topological polar surface area (TPSA) is 81.2 Å². The van der Waals surface area contributed by atoms with Crippen molar-refractivity contribution >= 4 is 27.5 Å². The average Bonchev–Trinajstić information content (AvgIpc) is 3.35. The lowest BCUT2D eigenvalue weighted by Crippen LogP contribution is -2.13. The third-order valence-corrected chi connectivity index (χ3v) is 4.45. The van der Waals surface area contributed by atoms with Gasteiger partial charge in [0.05, 0.1) is 12.7 Å². The highest BCUT2D eigenvalue weighted by Gasteiger charge is 2.14. The van der Waals surface area contributed by atoms with Crippen LogP contribution in [0, 0.1) is 0 Å². The minimum absolute atomic E-state index is 0.184. The molecular formula is C20H14BrN3O3. The Labute approximate surface area is 163 Å². The van der Waals surface area contributed by atoms with E-state index in [9.17, 15) is 4.79 Å². The van der Waals surface area contributed by atoms with Gasteiger partial charge in [-0.15, -0.1) is 0 Å². The fourth-order valence-corrected chi connectivity index (χ4v) is 2.85. The van der Waals surface area contributed by atoms with Gasteiger partial charge in [0.2, 0.25) is 11.7 Å². The molecule has 6 nitrogen and oxygen atoms in total. The van der Waals surface area contributed by atoms with Crippen LogP contribution in [-0.4, -0.2) is 16.0 Å². The molecule has 2 aromatic carbocycles. The van der Waals surface area contributed by atoms with Crippen molar-refractivity contribution in [2.24, 2.45) is 0 Å². The predicted octanol–water partition coefficient (Wildman–Crippen LogP) is 4.94. The third kappa shape index (κ3) is 3.98. The SMILES string of the molecule is O=C(Nc1ccccc1Cc1nc(-c2ccco2)no1)c1ccc(Br)cc1. The van der Waals surface area contributed by atoms with E-state index in [4.69, 9.17) is 8.94 Å². The summed E-state index contributed by atoms with van der Waals surface area (Å²) in [7, 11) is 0. The molecule has 1 N–H and O–H groups in total. The minimum atomic E-state index is -0.184. The molecule has 0 bridgehead atoms. The predicted molar refractivity (Wildman–Crippen MR) is 103 cm³/mol. The van der Waals surface area contributed by atoms with Gasteiger partial charge >= 0.3 is 0 Å². The van der Waals surface area contributed by atoms with Gasteiger partial charge in [-0.25, -0.2) is 0 Å². The van der Waals surface area contributed by atoms with E-state index in [1.807, 2.05) is 36.4 Å². The fraction of sp³-hybridized carbons (Fsp3) is 0.0500. The maximum atomic E-state index is 12.5. The lowest BCUT2D eigenvalue weighted by molar-refractivity contribution is 0.102. The summed E-state index contributed by atoms with van der Waals surface area (Å²) in [6, 6.07) is 18.2. The first-order valence-corrected chi connectivity index (χ1v) is 8.99. The number of benzene rings is 2. The molecule has 4 aromatic rings. The Morgan fingerprint density at radius 3 is 2.63 bits per heavy atom. The van der Waals surface area contributed by atoms with E-state index in [2.05, 4.69) is 31.4 Å². The van der Waals surface area contributed by atoms with Crippen molar-refractivity contribution in [3.05, 3.63) is 88.4 Å². The first-order chi connectivity index (χ1) is 13.2. The number of aromatic nitrogens is 2. The number of carbonyl (C=O) groups is 1. The van der Waals surface area contributed by atoms with E-state index in [0.717, 1.165) is 10.0 Å². The number of carbonyl (C=O) groups excluding carboxylic acids is 1. The largest absolute Gasteiger partial charge is 0.461 e. The Balaban J connectivity index is 1.53. The van der Waals surface area contributed by atoms with Crippen LogP contribution in [0.4, 0.5) is 5.69 Å². The van der Waals surface area contributed by atoms with Crippen LogP contribution in [0.25, 0.3) is 11.6 Å². The van der Waals surface area contributed by atoms with Gasteiger partial charge in [0.15, 0.2) is 5.76 Å². The second kappa shape index (κ2) is 7.59. The summed E-state index contributed by atoms with van der Waals surface area (Å²) in [5.41, 5.74) is 2.15. The maximum Gasteiger partial charge on any atom is 0.255 e. The Kier molecular flexibility index (Phi) is 4.84. The van der Waals surface area contributed by atoms with Crippen LogP contribution in [0.15, 0.2) is 80.3 Å². The molecule has 0 aliphatic rings. The first-order valence-electron chi connectivity index (χ1n) is 8.20. The molecule has 2 aromatic heterocycles. The molecule has 0 aliphatic carbocycles. The summed E-state index contributed by atoms with van der Waals surface area (Å²) >= 11 is 3.36. The Morgan fingerprint density at radius 1 is 1.04 bits per heavy atom. The second-order valence-electron chi connectivity index (χ2n) is 5.78. The van der Waals surface area contributed by atoms with Gasteiger partial charge in [-0.2, -0.15) is 4.98 Å². The lowest BCUT2D eigenvalue weighted by Gasteiger charge is -2.10. The van der Waals surface area contributed by atoms with Crippen LogP contribution in [0.2, 0.25) is 0 Å². The van der Waals surface area contributed by atoms with Crippen molar-refractivity contribution in [1.82, 2.24) is 10.1 Å². The Morgan fingerprint density at radius 2 is 1.85 bits per heavy atom. The van der Waals surface area contributed by atoms with E-state index < -0.39 is 0 Å². The molecule has 7 heteroatoms. The summed E-state index contributed by atoms with van der Waals surface area (Å²) in [4.78, 5) is 16.8. The number of hydrogen-bond donors (Lipinski definition) is 1. The number of nitrogens with zero attached hydrogens (tertiary/aromatic N) is 2. The zero-order valence-corrected chi connectivity index (χ0v) is 15.6. The number of halogens is 1. The molecule has 0 radical (unpaired) electrons. The summed E-state index contributed by atoms with van der Waals surface area (Å²) in [6.07, 6.45) is 1.95. The molecule has 1 amide bonds. The van der Waals surface area contributed by atoms with E-state index in [0.29, 0.717) is 35.1 Å². The molecule has 4 rings (SSSR count). The highest BCUT2D eigenvalue weighted by atomic mass is 79.9. The van der Waals surface area contributed by atoms with Crippen molar-refractivity contribution in [2.75, 3.05) is 5.32 Å². The number of amides is 1. The zero-order valence-electron chi connectivity index (χ0n) is 14.1. The molecule has 27 heavy (non-hydrogen) atoms. The number of nitrogens with one attached hydrogen (secondary N) is 1. The number of rotatable bonds is 5. The molecular weight excluding hydrogens is 410 g/mol. The van der Waals surface area contributed by atoms with Gasteiger partial charge in [-0.1, -0.05) is 39.3 Å². The van der Waals surface area contributed by atoms with Gasteiger partial charge in [0.25, 0.3) is 5.91 Å². The van der Waals surface area contributed by atoms with Crippen LogP contribution in [-0.2, 0) is 6.42 Å². The molecule has 0 spiro atoms. The number of furan rings is 1. The van der Waals surface area contributed by atoms with E-state index in [1.165, 1.54) is 0 Å². The molecule has 0 fully saturated rings. The molecule has 0 saturated heterocycles. The molecule has 0 saturated carbocycles. The van der Waals surface area contributed by atoms with Crippen molar-refractivity contribution in [2.45, 2.75) is 6.42 Å². The minimum Gasteiger partial charge on any atom is -0.461 e. The molecule has 0 aliphatic heterocycles. The molecule has 134 valence electrons. The van der Waals surface area contributed by atoms with Crippen molar-refractivity contribution in [3.63, 3.8) is 0 Å². The molecule has 2 heterocycles. The number of para-hydroxylation sites is 1. The van der Waals surface area contributed by atoms with Crippen molar-refractivity contribution in [3.8, 4) is 11.6 Å². The lowest BCUT2D eigenvalue weighted by atomic mass is 10.1. The smallest absolute Gasteiger partial charge is 0.255 e. The molecule has 0 atom stereocenters. The van der Waals surface area contributed by atoms with Crippen LogP contribution in [0.1, 0.15) is 21.8 Å². The summed E-state index contributed by atoms with van der Waals surface area (Å²) in [5.74, 6) is 1.19. The average molecular weight is 424 g/mol. The fourth-order valence-electron chi connectivity index (χ4n) is 2.59. The van der Waals surface area contributed by atoms with E-state index in [-0.39, 0.29) is 5.91 Å². The quantitative estimate of drug-likeness (QED) is 0.491. The molecule has 0 unspecified atom stereocenters. The number of anilines is 1. The van der Waals surface area contributed by atoms with E-state index in [1.54, 1.807) is 30.5 Å². The zero-order chi connectivity index (χ0) is 18.6. The summed E-state index contributed by atoms with van der Waals surface area (Å²) < 4.78 is 11.5. The van der Waals surface area contributed by atoms with E-state index >= 15 is 0 Å². The van der Waals surface area contributed by atoms with Gasteiger partial charge in [0, 0.05) is 15.7 Å². The standard InChI is InChI=1S/C20H14BrN3O3/c21-15-9-7-13(8-10-15)20(25)22-16-5-2-1-4-14(16)12-18-23-19(24-27-18)17-6-3-11-26-17/h1-11H,12H2,(H,22,25). The van der Waals surface area contributed by atoms with Crippen LogP contribution in [0.3, 0.4) is 0 Å². The highest BCUT2D eigenvalue weighted by molar-refractivity contribution is 9.10. The van der Waals surface area contributed by atoms with Crippen LogP contribution < -0.4 is 5.32 Å². The maximum absolute atomic E-state index is 12.5. The van der Waals surface area contributed by atoms with Gasteiger partial charge in [-0.05, 0) is 48.0 Å².